The Balaban J connectivity index is 2.17. The fraction of sp³-hybridized carbons (Fsp3) is 0.0769. The van der Waals surface area contributed by atoms with Gasteiger partial charge in [-0.05, 0) is 24.6 Å². The Labute approximate surface area is 102 Å². The minimum absolute atomic E-state index is 0.305. The number of fused-ring (bicyclic) bond motifs is 1. The average Bonchev–Trinajstić information content (AvgIpc) is 2.76. The van der Waals surface area contributed by atoms with Gasteiger partial charge in [0.25, 0.3) is 0 Å². The van der Waals surface area contributed by atoms with Gasteiger partial charge in [-0.1, -0.05) is 12.1 Å². The summed E-state index contributed by atoms with van der Waals surface area (Å²) in [6.07, 6.45) is 3.51. The zero-order valence-corrected chi connectivity index (χ0v) is 10.0. The Kier molecular flexibility index (Phi) is 2.30. The second kappa shape index (κ2) is 3.82. The zero-order valence-electron chi connectivity index (χ0n) is 9.21. The first-order chi connectivity index (χ1) is 8.24. The molecule has 3 aromatic rings. The molecule has 0 saturated carbocycles. The van der Waals surface area contributed by atoms with Crippen molar-refractivity contribution >= 4 is 21.6 Å². The summed E-state index contributed by atoms with van der Waals surface area (Å²) in [5.41, 5.74) is 2.71. The number of thiazole rings is 1. The van der Waals surface area contributed by atoms with Crippen molar-refractivity contribution in [2.75, 3.05) is 0 Å². The Bertz CT molecular complexity index is 658. The van der Waals surface area contributed by atoms with Gasteiger partial charge in [-0.3, -0.25) is 4.98 Å². The molecule has 2 aromatic heterocycles. The molecule has 0 unspecified atom stereocenters. The van der Waals surface area contributed by atoms with Gasteiger partial charge < -0.3 is 5.11 Å². The number of nitrogens with zero attached hydrogens (tertiary/aromatic N) is 2. The highest BCUT2D eigenvalue weighted by Gasteiger charge is 2.07. The molecule has 84 valence electrons. The average molecular weight is 242 g/mol. The molecule has 0 bridgehead atoms. The molecule has 0 aliphatic rings. The molecule has 4 heteroatoms. The number of pyridine rings is 1. The van der Waals surface area contributed by atoms with E-state index >= 15 is 0 Å². The number of aromatic nitrogens is 2. The third-order valence-electron chi connectivity index (χ3n) is 2.65. The number of rotatable bonds is 1. The number of hydrogen-bond acceptors (Lipinski definition) is 4. The second-order valence-corrected chi connectivity index (χ2v) is 4.89. The smallest absolute Gasteiger partial charge is 0.124 e. The molecule has 0 fully saturated rings. The number of benzene rings is 1. The Hall–Kier alpha value is -1.94. The lowest BCUT2D eigenvalue weighted by atomic mass is 10.1. The SMILES string of the molecule is Cc1ccc(-c2nc3cnccc3s2)cc1O. The molecule has 0 radical (unpaired) electrons. The van der Waals surface area contributed by atoms with Crippen molar-refractivity contribution in [3.63, 3.8) is 0 Å². The van der Waals surface area contributed by atoms with Crippen LogP contribution in [0.25, 0.3) is 20.8 Å². The van der Waals surface area contributed by atoms with Gasteiger partial charge in [0, 0.05) is 11.8 Å². The van der Waals surface area contributed by atoms with Crippen molar-refractivity contribution in [2.24, 2.45) is 0 Å². The van der Waals surface area contributed by atoms with Gasteiger partial charge in [0.05, 0.1) is 10.9 Å². The van der Waals surface area contributed by atoms with Crippen LogP contribution >= 0.6 is 11.3 Å². The topological polar surface area (TPSA) is 46.0 Å². The van der Waals surface area contributed by atoms with Crippen LogP contribution < -0.4 is 0 Å². The lowest BCUT2D eigenvalue weighted by Crippen LogP contribution is -1.79. The third kappa shape index (κ3) is 1.76. The summed E-state index contributed by atoms with van der Waals surface area (Å²) in [5.74, 6) is 0.305. The van der Waals surface area contributed by atoms with Crippen LogP contribution in [-0.4, -0.2) is 15.1 Å². The maximum Gasteiger partial charge on any atom is 0.124 e. The fourth-order valence-corrected chi connectivity index (χ4v) is 2.57. The normalized spacial score (nSPS) is 10.9. The zero-order chi connectivity index (χ0) is 11.8. The van der Waals surface area contributed by atoms with Crippen LogP contribution in [0.4, 0.5) is 0 Å². The summed E-state index contributed by atoms with van der Waals surface area (Å²) in [4.78, 5) is 8.54. The monoisotopic (exact) mass is 242 g/mol. The van der Waals surface area contributed by atoms with E-state index < -0.39 is 0 Å². The van der Waals surface area contributed by atoms with Crippen LogP contribution in [0.15, 0.2) is 36.7 Å². The number of phenolic OH excluding ortho intramolecular Hbond substituents is 1. The van der Waals surface area contributed by atoms with Gasteiger partial charge in [-0.25, -0.2) is 4.98 Å². The maximum absolute atomic E-state index is 9.70. The van der Waals surface area contributed by atoms with Gasteiger partial charge in [-0.15, -0.1) is 11.3 Å². The summed E-state index contributed by atoms with van der Waals surface area (Å²) in [6, 6.07) is 7.57. The van der Waals surface area contributed by atoms with E-state index in [1.54, 1.807) is 29.8 Å². The highest BCUT2D eigenvalue weighted by Crippen LogP contribution is 2.32. The first kappa shape index (κ1) is 10.2. The number of aryl methyl sites for hydroxylation is 1. The number of aromatic hydroxyl groups is 1. The standard InChI is InChI=1S/C13H10N2OS/c1-8-2-3-9(6-11(8)16)13-15-10-7-14-5-4-12(10)17-13/h2-7,16H,1H3. The summed E-state index contributed by atoms with van der Waals surface area (Å²) in [6.45, 7) is 1.88. The van der Waals surface area contributed by atoms with Crippen LogP contribution in [0.5, 0.6) is 5.75 Å². The van der Waals surface area contributed by atoms with Crippen LogP contribution in [0.3, 0.4) is 0 Å². The van der Waals surface area contributed by atoms with Gasteiger partial charge in [0.2, 0.25) is 0 Å². The van der Waals surface area contributed by atoms with E-state index in [0.29, 0.717) is 5.75 Å². The molecular weight excluding hydrogens is 232 g/mol. The molecular formula is C13H10N2OS. The molecule has 17 heavy (non-hydrogen) atoms. The van der Waals surface area contributed by atoms with E-state index in [4.69, 9.17) is 0 Å². The fourth-order valence-electron chi connectivity index (χ4n) is 1.65. The molecule has 1 N–H and O–H groups in total. The van der Waals surface area contributed by atoms with Crippen molar-refractivity contribution in [1.29, 1.82) is 0 Å². The largest absolute Gasteiger partial charge is 0.508 e. The molecule has 0 aliphatic heterocycles. The van der Waals surface area contributed by atoms with Crippen LogP contribution in [0.2, 0.25) is 0 Å². The third-order valence-corrected chi connectivity index (χ3v) is 3.73. The van der Waals surface area contributed by atoms with Gasteiger partial charge in [0.1, 0.15) is 16.3 Å². The summed E-state index contributed by atoms with van der Waals surface area (Å²) >= 11 is 1.60. The second-order valence-electron chi connectivity index (χ2n) is 3.86. The minimum atomic E-state index is 0.305. The molecule has 1 aromatic carbocycles. The highest BCUT2D eigenvalue weighted by molar-refractivity contribution is 7.21. The first-order valence-electron chi connectivity index (χ1n) is 5.24. The predicted molar refractivity (Wildman–Crippen MR) is 69.3 cm³/mol. The van der Waals surface area contributed by atoms with Crippen molar-refractivity contribution in [3.05, 3.63) is 42.2 Å². The number of phenols is 1. The summed E-state index contributed by atoms with van der Waals surface area (Å²) < 4.78 is 1.11. The molecule has 3 rings (SSSR count). The molecule has 0 saturated heterocycles. The van der Waals surface area contributed by atoms with Crippen molar-refractivity contribution in [3.8, 4) is 16.3 Å². The molecule has 2 heterocycles. The van der Waals surface area contributed by atoms with E-state index in [2.05, 4.69) is 9.97 Å². The molecule has 0 atom stereocenters. The molecule has 3 nitrogen and oxygen atoms in total. The van der Waals surface area contributed by atoms with E-state index in [0.717, 1.165) is 26.4 Å². The quantitative estimate of drug-likeness (QED) is 0.711. The first-order valence-corrected chi connectivity index (χ1v) is 6.06. The minimum Gasteiger partial charge on any atom is -0.508 e. The summed E-state index contributed by atoms with van der Waals surface area (Å²) in [5, 5.41) is 10.6. The lowest BCUT2D eigenvalue weighted by Gasteiger charge is -2.00. The van der Waals surface area contributed by atoms with E-state index in [1.165, 1.54) is 0 Å². The van der Waals surface area contributed by atoms with Gasteiger partial charge in [-0.2, -0.15) is 0 Å². The van der Waals surface area contributed by atoms with Crippen LogP contribution in [-0.2, 0) is 0 Å². The molecule has 0 aliphatic carbocycles. The van der Waals surface area contributed by atoms with Crippen molar-refractivity contribution in [1.82, 2.24) is 9.97 Å². The van der Waals surface area contributed by atoms with Crippen LogP contribution in [0.1, 0.15) is 5.56 Å². The summed E-state index contributed by atoms with van der Waals surface area (Å²) in [7, 11) is 0. The maximum atomic E-state index is 9.70. The van der Waals surface area contributed by atoms with Gasteiger partial charge in [0.15, 0.2) is 0 Å². The molecule has 0 spiro atoms. The Morgan fingerprint density at radius 3 is 2.88 bits per heavy atom. The highest BCUT2D eigenvalue weighted by atomic mass is 32.1. The Morgan fingerprint density at radius 1 is 1.24 bits per heavy atom. The molecule has 0 amide bonds. The number of hydrogen-bond donors (Lipinski definition) is 1. The van der Waals surface area contributed by atoms with Gasteiger partial charge >= 0.3 is 0 Å². The van der Waals surface area contributed by atoms with Crippen molar-refractivity contribution < 1.29 is 5.11 Å². The lowest BCUT2D eigenvalue weighted by molar-refractivity contribution is 0.471. The van der Waals surface area contributed by atoms with Crippen LogP contribution in [0, 0.1) is 6.92 Å². The van der Waals surface area contributed by atoms with Crippen molar-refractivity contribution in [2.45, 2.75) is 6.92 Å². The van der Waals surface area contributed by atoms with E-state index in [-0.39, 0.29) is 0 Å². The predicted octanol–water partition coefficient (Wildman–Crippen LogP) is 3.37. The Morgan fingerprint density at radius 2 is 2.12 bits per heavy atom. The van der Waals surface area contributed by atoms with E-state index in [9.17, 15) is 5.11 Å². The van der Waals surface area contributed by atoms with E-state index in [1.807, 2.05) is 25.1 Å².